The zero-order valence-electron chi connectivity index (χ0n) is 11.4. The Bertz CT molecular complexity index is 347. The number of aromatic hydroxyl groups is 1. The third-order valence-electron chi connectivity index (χ3n) is 4.04. The summed E-state index contributed by atoms with van der Waals surface area (Å²) in [6.45, 7) is 4.40. The Balaban J connectivity index is 1.62. The average Bonchev–Trinajstić information content (AvgIpc) is 2.37. The quantitative estimate of drug-likeness (QED) is 0.778. The van der Waals surface area contributed by atoms with Crippen LogP contribution in [0.2, 0.25) is 0 Å². The second kappa shape index (κ2) is 6.79. The summed E-state index contributed by atoms with van der Waals surface area (Å²) in [6, 6.07) is 7.45. The van der Waals surface area contributed by atoms with E-state index >= 15 is 0 Å². The summed E-state index contributed by atoms with van der Waals surface area (Å²) in [7, 11) is 0. The average molecular weight is 247 g/mol. The summed E-state index contributed by atoms with van der Waals surface area (Å²) in [5.41, 5.74) is 1.24. The smallest absolute Gasteiger partial charge is 0.115 e. The minimum absolute atomic E-state index is 0.343. The van der Waals surface area contributed by atoms with E-state index in [4.69, 9.17) is 0 Å². The van der Waals surface area contributed by atoms with Crippen LogP contribution >= 0.6 is 0 Å². The van der Waals surface area contributed by atoms with Crippen molar-refractivity contribution in [1.82, 2.24) is 5.32 Å². The highest BCUT2D eigenvalue weighted by Gasteiger charge is 2.17. The maximum Gasteiger partial charge on any atom is 0.115 e. The third kappa shape index (κ3) is 4.34. The standard InChI is InChI=1S/C16H25NO/c1-13-3-2-4-14(11-13)9-10-17-12-15-5-7-16(18)8-6-15/h5-8,13-14,17-18H,2-4,9-12H2,1H3. The summed E-state index contributed by atoms with van der Waals surface area (Å²) < 4.78 is 0. The Morgan fingerprint density at radius 2 is 2.00 bits per heavy atom. The Morgan fingerprint density at radius 1 is 1.22 bits per heavy atom. The molecule has 0 spiro atoms. The van der Waals surface area contributed by atoms with E-state index in [0.717, 1.165) is 24.9 Å². The van der Waals surface area contributed by atoms with Crippen LogP contribution in [-0.2, 0) is 6.54 Å². The van der Waals surface area contributed by atoms with E-state index in [2.05, 4.69) is 12.2 Å². The van der Waals surface area contributed by atoms with Crippen LogP contribution in [0.4, 0.5) is 0 Å². The molecular weight excluding hydrogens is 222 g/mol. The van der Waals surface area contributed by atoms with Gasteiger partial charge in [0, 0.05) is 6.54 Å². The van der Waals surface area contributed by atoms with Crippen molar-refractivity contribution >= 4 is 0 Å². The number of benzene rings is 1. The first-order valence-corrected chi connectivity index (χ1v) is 7.22. The van der Waals surface area contributed by atoms with Crippen molar-refractivity contribution in [1.29, 1.82) is 0 Å². The normalized spacial score (nSPS) is 24.1. The van der Waals surface area contributed by atoms with Gasteiger partial charge in [0.1, 0.15) is 5.75 Å². The number of nitrogens with one attached hydrogen (secondary N) is 1. The molecule has 18 heavy (non-hydrogen) atoms. The first-order valence-electron chi connectivity index (χ1n) is 7.22. The van der Waals surface area contributed by atoms with Gasteiger partial charge >= 0.3 is 0 Å². The third-order valence-corrected chi connectivity index (χ3v) is 4.04. The van der Waals surface area contributed by atoms with Gasteiger partial charge in [0.05, 0.1) is 0 Å². The Morgan fingerprint density at radius 3 is 2.72 bits per heavy atom. The van der Waals surface area contributed by atoms with Crippen LogP contribution in [0.1, 0.15) is 44.6 Å². The van der Waals surface area contributed by atoms with Gasteiger partial charge in [-0.3, -0.25) is 0 Å². The summed E-state index contributed by atoms with van der Waals surface area (Å²) in [5, 5.41) is 12.7. The van der Waals surface area contributed by atoms with Gasteiger partial charge in [0.25, 0.3) is 0 Å². The maximum atomic E-state index is 9.20. The molecule has 2 N–H and O–H groups in total. The molecule has 0 heterocycles. The molecule has 2 rings (SSSR count). The van der Waals surface area contributed by atoms with Crippen LogP contribution in [0.5, 0.6) is 5.75 Å². The Hall–Kier alpha value is -1.02. The monoisotopic (exact) mass is 247 g/mol. The summed E-state index contributed by atoms with van der Waals surface area (Å²) >= 11 is 0. The van der Waals surface area contributed by atoms with Crippen molar-refractivity contribution in [3.05, 3.63) is 29.8 Å². The molecule has 2 heteroatoms. The Kier molecular flexibility index (Phi) is 5.06. The molecule has 100 valence electrons. The van der Waals surface area contributed by atoms with Crippen molar-refractivity contribution in [2.75, 3.05) is 6.54 Å². The molecule has 0 radical (unpaired) electrons. The van der Waals surface area contributed by atoms with Crippen molar-refractivity contribution in [3.63, 3.8) is 0 Å². The minimum atomic E-state index is 0.343. The fraction of sp³-hybridized carbons (Fsp3) is 0.625. The first kappa shape index (κ1) is 13.4. The van der Waals surface area contributed by atoms with Crippen LogP contribution < -0.4 is 5.32 Å². The zero-order chi connectivity index (χ0) is 12.8. The van der Waals surface area contributed by atoms with Gasteiger partial charge in [-0.05, 0) is 48.9 Å². The van der Waals surface area contributed by atoms with Gasteiger partial charge in [-0.2, -0.15) is 0 Å². The SMILES string of the molecule is CC1CCCC(CCNCc2ccc(O)cc2)C1. The predicted octanol–water partition coefficient (Wildman–Crippen LogP) is 3.70. The molecule has 0 bridgehead atoms. The van der Waals surface area contributed by atoms with Gasteiger partial charge in [0.2, 0.25) is 0 Å². The number of rotatable bonds is 5. The van der Waals surface area contributed by atoms with E-state index in [0.29, 0.717) is 5.75 Å². The molecule has 0 aliphatic heterocycles. The maximum absolute atomic E-state index is 9.20. The number of phenolic OH excluding ortho intramolecular Hbond substituents is 1. The van der Waals surface area contributed by atoms with E-state index in [1.165, 1.54) is 37.7 Å². The van der Waals surface area contributed by atoms with Crippen molar-refractivity contribution < 1.29 is 5.11 Å². The van der Waals surface area contributed by atoms with Gasteiger partial charge < -0.3 is 10.4 Å². The fourth-order valence-corrected chi connectivity index (χ4v) is 2.97. The highest BCUT2D eigenvalue weighted by molar-refractivity contribution is 5.25. The second-order valence-electron chi connectivity index (χ2n) is 5.77. The molecule has 0 amide bonds. The molecule has 1 fully saturated rings. The fourth-order valence-electron chi connectivity index (χ4n) is 2.97. The zero-order valence-corrected chi connectivity index (χ0v) is 11.4. The van der Waals surface area contributed by atoms with Gasteiger partial charge in [-0.15, -0.1) is 0 Å². The summed E-state index contributed by atoms with van der Waals surface area (Å²) in [4.78, 5) is 0. The number of hydrogen-bond donors (Lipinski definition) is 2. The molecule has 2 atom stereocenters. The highest BCUT2D eigenvalue weighted by atomic mass is 16.3. The molecular formula is C16H25NO. The van der Waals surface area contributed by atoms with E-state index in [1.54, 1.807) is 12.1 Å². The molecule has 0 aromatic heterocycles. The lowest BCUT2D eigenvalue weighted by Gasteiger charge is -2.26. The minimum Gasteiger partial charge on any atom is -0.508 e. The van der Waals surface area contributed by atoms with Crippen LogP contribution in [0.15, 0.2) is 24.3 Å². The highest BCUT2D eigenvalue weighted by Crippen LogP contribution is 2.30. The van der Waals surface area contributed by atoms with E-state index < -0.39 is 0 Å². The lowest BCUT2D eigenvalue weighted by Crippen LogP contribution is -2.21. The van der Waals surface area contributed by atoms with Crippen LogP contribution in [0.3, 0.4) is 0 Å². The van der Waals surface area contributed by atoms with Crippen molar-refractivity contribution in [2.24, 2.45) is 11.8 Å². The largest absolute Gasteiger partial charge is 0.508 e. The molecule has 0 saturated heterocycles. The molecule has 1 aliphatic rings. The van der Waals surface area contributed by atoms with Crippen LogP contribution in [-0.4, -0.2) is 11.7 Å². The van der Waals surface area contributed by atoms with E-state index in [1.807, 2.05) is 12.1 Å². The van der Waals surface area contributed by atoms with Crippen molar-refractivity contribution in [3.8, 4) is 5.75 Å². The summed E-state index contributed by atoms with van der Waals surface area (Å²) in [5.74, 6) is 2.21. The van der Waals surface area contributed by atoms with Gasteiger partial charge in [-0.1, -0.05) is 38.3 Å². The molecule has 1 aliphatic carbocycles. The van der Waals surface area contributed by atoms with E-state index in [9.17, 15) is 5.11 Å². The van der Waals surface area contributed by atoms with Gasteiger partial charge in [-0.25, -0.2) is 0 Å². The second-order valence-corrected chi connectivity index (χ2v) is 5.77. The molecule has 2 nitrogen and oxygen atoms in total. The van der Waals surface area contributed by atoms with Gasteiger partial charge in [0.15, 0.2) is 0 Å². The summed E-state index contributed by atoms with van der Waals surface area (Å²) in [6.07, 6.45) is 7.00. The lowest BCUT2D eigenvalue weighted by molar-refractivity contribution is 0.267. The van der Waals surface area contributed by atoms with E-state index in [-0.39, 0.29) is 0 Å². The Labute approximate surface area is 110 Å². The number of hydrogen-bond acceptors (Lipinski definition) is 2. The first-order chi connectivity index (χ1) is 8.74. The van der Waals surface area contributed by atoms with Crippen LogP contribution in [0, 0.1) is 11.8 Å². The molecule has 1 aromatic carbocycles. The molecule has 1 saturated carbocycles. The topological polar surface area (TPSA) is 32.3 Å². The lowest BCUT2D eigenvalue weighted by atomic mass is 9.81. The van der Waals surface area contributed by atoms with Crippen LogP contribution in [0.25, 0.3) is 0 Å². The van der Waals surface area contributed by atoms with Crippen molar-refractivity contribution in [2.45, 2.75) is 45.6 Å². The molecule has 2 unspecified atom stereocenters. The predicted molar refractivity (Wildman–Crippen MR) is 75.6 cm³/mol. The number of phenols is 1. The molecule has 1 aromatic rings.